The van der Waals surface area contributed by atoms with Crippen molar-refractivity contribution in [3.05, 3.63) is 30.1 Å². The van der Waals surface area contributed by atoms with Crippen LogP contribution in [0.3, 0.4) is 0 Å². The first-order valence-electron chi connectivity index (χ1n) is 4.06. The van der Waals surface area contributed by atoms with E-state index in [4.69, 9.17) is 4.74 Å². The number of ether oxygens (including phenoxy) is 1. The molecule has 0 aliphatic heterocycles. The van der Waals surface area contributed by atoms with E-state index in [1.165, 1.54) is 13.2 Å². The summed E-state index contributed by atoms with van der Waals surface area (Å²) in [6.45, 7) is 5.48. The average Bonchev–Trinajstić information content (AvgIpc) is 2.07. The smallest absolute Gasteiger partial charge is 0.144 e. The van der Waals surface area contributed by atoms with Crippen LogP contribution in [-0.4, -0.2) is 15.0 Å². The second-order valence-corrected chi connectivity index (χ2v) is 3.08. The molecular weight excluding hydrogens is 166 g/mol. The largest absolute Gasteiger partial charge is 0.497 e. The summed E-state index contributed by atoms with van der Waals surface area (Å²) in [5.41, 5.74) is 2.20. The molecule has 0 spiro atoms. The summed E-state index contributed by atoms with van der Waals surface area (Å²) < 4.78 is 18.3. The fraction of sp³-hybridized carbons (Fsp3) is 0.200. The zero-order chi connectivity index (χ0) is 10.0. The predicted molar refractivity (Wildman–Crippen MR) is 55.8 cm³/mol. The van der Waals surface area contributed by atoms with Crippen molar-refractivity contribution in [2.45, 2.75) is 6.92 Å². The normalized spacial score (nSPS) is 9.77. The molecule has 0 amide bonds. The molecule has 0 aliphatic rings. The number of methoxy groups -OCH3 is 1. The van der Waals surface area contributed by atoms with Crippen molar-refractivity contribution < 1.29 is 9.13 Å². The van der Waals surface area contributed by atoms with Gasteiger partial charge in [0.1, 0.15) is 19.4 Å². The van der Waals surface area contributed by atoms with Crippen LogP contribution in [0.15, 0.2) is 18.7 Å². The first kappa shape index (κ1) is 9.84. The van der Waals surface area contributed by atoms with E-state index >= 15 is 0 Å². The highest BCUT2D eigenvalue weighted by Crippen LogP contribution is 2.18. The molecule has 0 saturated carbocycles. The molecule has 13 heavy (non-hydrogen) atoms. The van der Waals surface area contributed by atoms with Crippen LogP contribution in [0, 0.1) is 5.82 Å². The van der Waals surface area contributed by atoms with E-state index in [-0.39, 0.29) is 5.82 Å². The summed E-state index contributed by atoms with van der Waals surface area (Å²) in [5, 5.41) is 0. The minimum Gasteiger partial charge on any atom is -0.497 e. The summed E-state index contributed by atoms with van der Waals surface area (Å²) in [6.07, 6.45) is 0. The van der Waals surface area contributed by atoms with Gasteiger partial charge < -0.3 is 4.74 Å². The van der Waals surface area contributed by atoms with Crippen molar-refractivity contribution in [1.29, 1.82) is 0 Å². The van der Waals surface area contributed by atoms with Gasteiger partial charge in [-0.05, 0) is 18.0 Å². The predicted octanol–water partition coefficient (Wildman–Crippen LogP) is 1.13. The quantitative estimate of drug-likeness (QED) is 0.616. The summed E-state index contributed by atoms with van der Waals surface area (Å²) in [4.78, 5) is 0. The first-order valence-corrected chi connectivity index (χ1v) is 4.06. The molecule has 0 N–H and O–H groups in total. The van der Waals surface area contributed by atoms with Crippen LogP contribution < -0.4 is 10.2 Å². The molecule has 0 aromatic heterocycles. The van der Waals surface area contributed by atoms with Crippen molar-refractivity contribution in [2.24, 2.45) is 0 Å². The highest BCUT2D eigenvalue weighted by Gasteiger charge is 2.07. The minimum atomic E-state index is -0.282. The van der Waals surface area contributed by atoms with Gasteiger partial charge in [0.15, 0.2) is 0 Å². The number of allylic oxidation sites excluding steroid dienone is 1. The molecule has 0 saturated heterocycles. The van der Waals surface area contributed by atoms with Gasteiger partial charge in [0.25, 0.3) is 0 Å². The van der Waals surface area contributed by atoms with E-state index in [0.717, 1.165) is 11.0 Å². The van der Waals surface area contributed by atoms with E-state index in [0.29, 0.717) is 11.3 Å². The lowest BCUT2D eigenvalue weighted by Gasteiger charge is -2.08. The van der Waals surface area contributed by atoms with Crippen LogP contribution >= 0.6 is 0 Å². The van der Waals surface area contributed by atoms with Crippen molar-refractivity contribution in [1.82, 2.24) is 0 Å². The Labute approximate surface area is 78.6 Å². The van der Waals surface area contributed by atoms with E-state index in [9.17, 15) is 4.39 Å². The molecule has 0 heterocycles. The Hall–Kier alpha value is -1.25. The number of hydrogen-bond donors (Lipinski definition) is 0. The van der Waals surface area contributed by atoms with Gasteiger partial charge in [0, 0.05) is 11.6 Å². The Kier molecular flexibility index (Phi) is 2.76. The van der Waals surface area contributed by atoms with Crippen LogP contribution in [0.25, 0.3) is 5.57 Å². The minimum absolute atomic E-state index is 0.282. The number of hydrogen-bond acceptors (Lipinski definition) is 1. The summed E-state index contributed by atoms with van der Waals surface area (Å²) in [7, 11) is 3.41. The monoisotopic (exact) mass is 178 g/mol. The highest BCUT2D eigenvalue weighted by atomic mass is 19.1. The molecule has 0 radical (unpaired) electrons. The molecule has 0 atom stereocenters. The third-order valence-electron chi connectivity index (χ3n) is 1.94. The lowest BCUT2D eigenvalue weighted by atomic mass is 9.91. The second-order valence-electron chi connectivity index (χ2n) is 3.08. The van der Waals surface area contributed by atoms with E-state index in [1.54, 1.807) is 13.0 Å². The second kappa shape index (κ2) is 3.65. The Morgan fingerprint density at radius 2 is 2.15 bits per heavy atom. The Balaban J connectivity index is 3.28. The molecular formula is C10H12BFO. The highest BCUT2D eigenvalue weighted by molar-refractivity contribution is 6.34. The maximum Gasteiger partial charge on any atom is 0.144 e. The van der Waals surface area contributed by atoms with Gasteiger partial charge in [-0.15, -0.1) is 0 Å². The zero-order valence-corrected chi connectivity index (χ0v) is 8.15. The van der Waals surface area contributed by atoms with Crippen LogP contribution in [0.5, 0.6) is 5.75 Å². The average molecular weight is 178 g/mol. The van der Waals surface area contributed by atoms with E-state index < -0.39 is 0 Å². The Morgan fingerprint density at radius 1 is 1.54 bits per heavy atom. The van der Waals surface area contributed by atoms with Gasteiger partial charge in [-0.2, -0.15) is 0 Å². The number of rotatable bonds is 2. The summed E-state index contributed by atoms with van der Waals surface area (Å²) >= 11 is 0. The van der Waals surface area contributed by atoms with Gasteiger partial charge in [-0.25, -0.2) is 4.39 Å². The van der Waals surface area contributed by atoms with Gasteiger partial charge >= 0.3 is 0 Å². The molecule has 1 rings (SSSR count). The van der Waals surface area contributed by atoms with E-state index in [1.807, 2.05) is 7.85 Å². The lowest BCUT2D eigenvalue weighted by Crippen LogP contribution is -2.09. The molecule has 0 aliphatic carbocycles. The first-order chi connectivity index (χ1) is 6.06. The molecule has 1 aromatic rings. The van der Waals surface area contributed by atoms with Crippen molar-refractivity contribution in [3.63, 3.8) is 0 Å². The zero-order valence-electron chi connectivity index (χ0n) is 8.15. The van der Waals surface area contributed by atoms with Crippen molar-refractivity contribution in [2.75, 3.05) is 7.11 Å². The Bertz CT molecular complexity index is 347. The summed E-state index contributed by atoms with van der Waals surface area (Å²) in [5.74, 6) is 0.289. The third-order valence-corrected chi connectivity index (χ3v) is 1.94. The lowest BCUT2D eigenvalue weighted by molar-refractivity contribution is 0.414. The van der Waals surface area contributed by atoms with Gasteiger partial charge in [-0.3, -0.25) is 0 Å². The fourth-order valence-electron chi connectivity index (χ4n) is 1.21. The fourth-order valence-corrected chi connectivity index (χ4v) is 1.21. The molecule has 0 fully saturated rings. The Morgan fingerprint density at radius 3 is 2.62 bits per heavy atom. The summed E-state index contributed by atoms with van der Waals surface area (Å²) in [6, 6.07) is 3.13. The topological polar surface area (TPSA) is 9.23 Å². The molecule has 68 valence electrons. The van der Waals surface area contributed by atoms with Crippen LogP contribution in [0.4, 0.5) is 4.39 Å². The number of benzene rings is 1. The van der Waals surface area contributed by atoms with Crippen molar-refractivity contribution >= 4 is 18.9 Å². The van der Waals surface area contributed by atoms with Crippen LogP contribution in [0.2, 0.25) is 0 Å². The molecule has 0 unspecified atom stereocenters. The molecule has 1 nitrogen and oxygen atoms in total. The van der Waals surface area contributed by atoms with Gasteiger partial charge in [0.2, 0.25) is 0 Å². The molecule has 1 aromatic carbocycles. The third kappa shape index (κ3) is 1.91. The standard InChI is InChI=1S/C10H12BFO/c1-6(2)7-4-8(11)10(13-3)5-9(7)12/h4-5H,1,11H2,2-3H3. The molecule has 0 bridgehead atoms. The molecule has 3 heteroatoms. The van der Waals surface area contributed by atoms with Gasteiger partial charge in [0.05, 0.1) is 7.11 Å². The van der Waals surface area contributed by atoms with Crippen LogP contribution in [-0.2, 0) is 0 Å². The maximum absolute atomic E-state index is 13.3. The van der Waals surface area contributed by atoms with Gasteiger partial charge in [-0.1, -0.05) is 12.6 Å². The van der Waals surface area contributed by atoms with E-state index in [2.05, 4.69) is 6.58 Å². The number of halogens is 1. The SMILES string of the molecule is Bc1cc(C(=C)C)c(F)cc1OC. The van der Waals surface area contributed by atoms with Crippen LogP contribution in [0.1, 0.15) is 12.5 Å². The van der Waals surface area contributed by atoms with Crippen molar-refractivity contribution in [3.8, 4) is 5.75 Å². The maximum atomic E-state index is 13.3.